The van der Waals surface area contributed by atoms with Gasteiger partial charge in [0.05, 0.1) is 6.26 Å². The number of rotatable bonds is 8. The first-order valence-corrected chi connectivity index (χ1v) is 12.6. The molecule has 0 unspecified atom stereocenters. The fourth-order valence-electron chi connectivity index (χ4n) is 3.53. The molecule has 0 aliphatic heterocycles. The van der Waals surface area contributed by atoms with Gasteiger partial charge in [0.25, 0.3) is 5.91 Å². The van der Waals surface area contributed by atoms with Crippen molar-refractivity contribution >= 4 is 32.7 Å². The molecule has 8 nitrogen and oxygen atoms in total. The Morgan fingerprint density at radius 1 is 1.03 bits per heavy atom. The SMILES string of the molecule is CNC(=O)c1nc(NS(C)(=O)=O)c2cc(Cc3ccc(F)cc3)cnc2c1OCc1ccccc1. The van der Waals surface area contributed by atoms with Crippen LogP contribution in [0.25, 0.3) is 10.9 Å². The van der Waals surface area contributed by atoms with Crippen molar-refractivity contribution in [2.45, 2.75) is 13.0 Å². The summed E-state index contributed by atoms with van der Waals surface area (Å²) in [4.78, 5) is 21.5. The average Bonchev–Trinajstić information content (AvgIpc) is 2.84. The number of sulfonamides is 1. The molecule has 0 aliphatic carbocycles. The fourth-order valence-corrected chi connectivity index (χ4v) is 4.04. The van der Waals surface area contributed by atoms with Crippen LogP contribution in [0.1, 0.15) is 27.2 Å². The molecule has 10 heteroatoms. The minimum atomic E-state index is -3.72. The van der Waals surface area contributed by atoms with Gasteiger partial charge in [-0.2, -0.15) is 0 Å². The second kappa shape index (κ2) is 10.1. The van der Waals surface area contributed by atoms with E-state index in [0.717, 1.165) is 22.9 Å². The Kier molecular flexibility index (Phi) is 6.92. The summed E-state index contributed by atoms with van der Waals surface area (Å²) in [6, 6.07) is 17.2. The number of aromatic nitrogens is 2. The minimum absolute atomic E-state index is 0.0402. The highest BCUT2D eigenvalue weighted by Crippen LogP contribution is 2.34. The van der Waals surface area contributed by atoms with Gasteiger partial charge in [-0.05, 0) is 41.3 Å². The molecule has 0 atom stereocenters. The summed E-state index contributed by atoms with van der Waals surface area (Å²) in [5.74, 6) is -0.794. The molecule has 0 radical (unpaired) electrons. The molecule has 2 N–H and O–H groups in total. The van der Waals surface area contributed by atoms with Gasteiger partial charge in [-0.15, -0.1) is 0 Å². The highest BCUT2D eigenvalue weighted by Gasteiger charge is 2.23. The van der Waals surface area contributed by atoms with Crippen molar-refractivity contribution in [3.05, 3.63) is 95.1 Å². The van der Waals surface area contributed by atoms with E-state index in [1.165, 1.54) is 19.2 Å². The molecule has 2 aromatic heterocycles. The lowest BCUT2D eigenvalue weighted by Crippen LogP contribution is -2.22. The second-order valence-electron chi connectivity index (χ2n) is 7.91. The van der Waals surface area contributed by atoms with E-state index < -0.39 is 15.9 Å². The summed E-state index contributed by atoms with van der Waals surface area (Å²) in [5.41, 5.74) is 2.64. The molecule has 1 amide bonds. The summed E-state index contributed by atoms with van der Waals surface area (Å²) < 4.78 is 45.8. The Hall–Kier alpha value is -4.05. The number of benzene rings is 2. The van der Waals surface area contributed by atoms with Gasteiger partial charge >= 0.3 is 0 Å². The van der Waals surface area contributed by atoms with Crippen LogP contribution in [0.3, 0.4) is 0 Å². The van der Waals surface area contributed by atoms with Crippen molar-refractivity contribution in [2.24, 2.45) is 0 Å². The third-order valence-electron chi connectivity index (χ3n) is 5.12. The number of carbonyl (C=O) groups is 1. The van der Waals surface area contributed by atoms with E-state index in [2.05, 4.69) is 20.0 Å². The maximum Gasteiger partial charge on any atom is 0.273 e. The van der Waals surface area contributed by atoms with Gasteiger partial charge in [-0.3, -0.25) is 14.5 Å². The predicted molar refractivity (Wildman–Crippen MR) is 131 cm³/mol. The van der Waals surface area contributed by atoms with Gasteiger partial charge < -0.3 is 10.1 Å². The maximum absolute atomic E-state index is 13.3. The van der Waals surface area contributed by atoms with E-state index in [0.29, 0.717) is 11.8 Å². The van der Waals surface area contributed by atoms with Gasteiger partial charge in [0.2, 0.25) is 10.0 Å². The molecule has 0 aliphatic rings. The van der Waals surface area contributed by atoms with Crippen molar-refractivity contribution in [3.8, 4) is 5.75 Å². The molecule has 35 heavy (non-hydrogen) atoms. The van der Waals surface area contributed by atoms with Gasteiger partial charge in [0, 0.05) is 18.6 Å². The van der Waals surface area contributed by atoms with Crippen molar-refractivity contribution in [3.63, 3.8) is 0 Å². The summed E-state index contributed by atoms with van der Waals surface area (Å²) in [6.07, 6.45) is 3.04. The topological polar surface area (TPSA) is 110 Å². The zero-order valence-electron chi connectivity index (χ0n) is 19.1. The molecule has 2 aromatic carbocycles. The van der Waals surface area contributed by atoms with E-state index in [1.54, 1.807) is 24.4 Å². The minimum Gasteiger partial charge on any atom is -0.484 e. The third-order valence-corrected chi connectivity index (χ3v) is 5.69. The first-order valence-electron chi connectivity index (χ1n) is 10.7. The summed E-state index contributed by atoms with van der Waals surface area (Å²) in [7, 11) is -2.27. The van der Waals surface area contributed by atoms with E-state index >= 15 is 0 Å². The normalized spacial score (nSPS) is 11.3. The van der Waals surface area contributed by atoms with Crippen LogP contribution in [0.15, 0.2) is 66.9 Å². The van der Waals surface area contributed by atoms with Crippen LogP contribution in [0.2, 0.25) is 0 Å². The third kappa shape index (κ3) is 5.90. The average molecular weight is 495 g/mol. The molecule has 4 rings (SSSR count). The highest BCUT2D eigenvalue weighted by molar-refractivity contribution is 7.92. The number of carbonyl (C=O) groups excluding carboxylic acids is 1. The molecule has 0 spiro atoms. The van der Waals surface area contributed by atoms with Crippen LogP contribution >= 0.6 is 0 Å². The summed E-state index contributed by atoms with van der Waals surface area (Å²) >= 11 is 0. The maximum atomic E-state index is 13.3. The van der Waals surface area contributed by atoms with Gasteiger partial charge in [-0.1, -0.05) is 42.5 Å². The summed E-state index contributed by atoms with van der Waals surface area (Å²) in [5, 5.41) is 2.87. The summed E-state index contributed by atoms with van der Waals surface area (Å²) in [6.45, 7) is 0.152. The van der Waals surface area contributed by atoms with E-state index in [4.69, 9.17) is 4.74 Å². The largest absolute Gasteiger partial charge is 0.484 e. The lowest BCUT2D eigenvalue weighted by molar-refractivity contribution is 0.0953. The molecule has 180 valence electrons. The van der Waals surface area contributed by atoms with Crippen molar-refractivity contribution in [1.29, 1.82) is 0 Å². The Balaban J connectivity index is 1.85. The number of hydrogen-bond acceptors (Lipinski definition) is 6. The van der Waals surface area contributed by atoms with Crippen LogP contribution < -0.4 is 14.8 Å². The number of ether oxygens (including phenoxy) is 1. The first-order chi connectivity index (χ1) is 16.7. The smallest absolute Gasteiger partial charge is 0.273 e. The number of fused-ring (bicyclic) bond motifs is 1. The van der Waals surface area contributed by atoms with Crippen molar-refractivity contribution in [1.82, 2.24) is 15.3 Å². The lowest BCUT2D eigenvalue weighted by Gasteiger charge is -2.16. The molecular formula is C25H23FN4O4S. The van der Waals surface area contributed by atoms with Gasteiger partial charge in [-0.25, -0.2) is 17.8 Å². The standard InChI is InChI=1S/C25H23FN4O4S/c1-27-25(31)22-23(34-15-17-6-4-3-5-7-17)21-20(24(29-22)30-35(2,32)33)13-18(14-28-21)12-16-8-10-19(26)11-9-16/h3-11,13-14H,12,15H2,1-2H3,(H,27,31)(H,29,30). The quantitative estimate of drug-likeness (QED) is 0.387. The molecule has 0 saturated heterocycles. The van der Waals surface area contributed by atoms with Gasteiger partial charge in [0.1, 0.15) is 23.8 Å². The number of hydrogen-bond donors (Lipinski definition) is 2. The highest BCUT2D eigenvalue weighted by atomic mass is 32.2. The van der Waals surface area contributed by atoms with Gasteiger partial charge in [0.15, 0.2) is 11.4 Å². The Morgan fingerprint density at radius 2 is 1.74 bits per heavy atom. The molecule has 2 heterocycles. The van der Waals surface area contributed by atoms with E-state index in [9.17, 15) is 17.6 Å². The number of halogens is 1. The van der Waals surface area contributed by atoms with Crippen LogP contribution in [0, 0.1) is 5.82 Å². The monoisotopic (exact) mass is 494 g/mol. The number of pyridine rings is 2. The fraction of sp³-hybridized carbons (Fsp3) is 0.160. The molecular weight excluding hydrogens is 471 g/mol. The zero-order chi connectivity index (χ0) is 25.0. The van der Waals surface area contributed by atoms with E-state index in [-0.39, 0.29) is 35.2 Å². The molecule has 0 fully saturated rings. The Bertz CT molecular complexity index is 1480. The van der Waals surface area contributed by atoms with E-state index in [1.807, 2.05) is 30.3 Å². The number of nitrogens with zero attached hydrogens (tertiary/aromatic N) is 2. The lowest BCUT2D eigenvalue weighted by atomic mass is 10.0. The number of amides is 1. The van der Waals surface area contributed by atoms with Crippen molar-refractivity contribution in [2.75, 3.05) is 18.0 Å². The van der Waals surface area contributed by atoms with Crippen LogP contribution in [-0.2, 0) is 23.1 Å². The zero-order valence-corrected chi connectivity index (χ0v) is 19.9. The number of anilines is 1. The number of nitrogens with one attached hydrogen (secondary N) is 2. The first kappa shape index (κ1) is 24.1. The van der Waals surface area contributed by atoms with Crippen LogP contribution in [0.4, 0.5) is 10.2 Å². The Morgan fingerprint density at radius 3 is 2.40 bits per heavy atom. The predicted octanol–water partition coefficient (Wildman–Crippen LogP) is 3.67. The molecule has 0 saturated carbocycles. The Labute approximate surface area is 202 Å². The van der Waals surface area contributed by atoms with Crippen molar-refractivity contribution < 1.29 is 22.3 Å². The van der Waals surface area contributed by atoms with Crippen LogP contribution in [0.5, 0.6) is 5.75 Å². The second-order valence-corrected chi connectivity index (χ2v) is 9.66. The van der Waals surface area contributed by atoms with Crippen LogP contribution in [-0.4, -0.2) is 37.6 Å². The molecule has 4 aromatic rings. The molecule has 0 bridgehead atoms.